The molecular formula is C12H20F3N3O. The van der Waals surface area contributed by atoms with Crippen LogP contribution in [0.1, 0.15) is 25.1 Å². The van der Waals surface area contributed by atoms with Crippen LogP contribution in [0, 0.1) is 5.92 Å². The van der Waals surface area contributed by atoms with Crippen molar-refractivity contribution < 1.29 is 17.9 Å². The van der Waals surface area contributed by atoms with E-state index in [1.807, 2.05) is 13.8 Å². The molecule has 7 heteroatoms. The van der Waals surface area contributed by atoms with Gasteiger partial charge >= 0.3 is 6.18 Å². The third-order valence-corrected chi connectivity index (χ3v) is 2.52. The second kappa shape index (κ2) is 6.91. The molecule has 1 aromatic heterocycles. The summed E-state index contributed by atoms with van der Waals surface area (Å²) in [5, 5.41) is 6.75. The zero-order valence-corrected chi connectivity index (χ0v) is 11.4. The van der Waals surface area contributed by atoms with Gasteiger partial charge in [0.05, 0.1) is 12.8 Å². The first-order chi connectivity index (χ1) is 8.86. The molecule has 0 aromatic carbocycles. The molecule has 1 rings (SSSR count). The molecule has 19 heavy (non-hydrogen) atoms. The summed E-state index contributed by atoms with van der Waals surface area (Å²) < 4.78 is 45.0. The molecule has 0 spiro atoms. The highest BCUT2D eigenvalue weighted by molar-refractivity contribution is 5.20. The summed E-state index contributed by atoms with van der Waals surface area (Å²) in [5.74, 6) is 0.107. The van der Waals surface area contributed by atoms with E-state index in [9.17, 15) is 13.2 Å². The number of alkyl halides is 3. The Morgan fingerprint density at radius 3 is 2.63 bits per heavy atom. The van der Waals surface area contributed by atoms with Crippen LogP contribution in [0.25, 0.3) is 0 Å². The highest BCUT2D eigenvalue weighted by Gasteiger charge is 2.37. The Balaban J connectivity index is 2.83. The first-order valence-electron chi connectivity index (χ1n) is 6.17. The second-order valence-corrected chi connectivity index (χ2v) is 4.76. The number of hydrogen-bond donors (Lipinski definition) is 1. The summed E-state index contributed by atoms with van der Waals surface area (Å²) in [6.07, 6.45) is -3.10. The van der Waals surface area contributed by atoms with Crippen LogP contribution in [0.4, 0.5) is 13.2 Å². The van der Waals surface area contributed by atoms with Crippen molar-refractivity contribution in [3.63, 3.8) is 0 Å². The van der Waals surface area contributed by atoms with Gasteiger partial charge in [0.25, 0.3) is 0 Å². The average molecular weight is 279 g/mol. The maximum absolute atomic E-state index is 13.1. The molecule has 0 amide bonds. The van der Waals surface area contributed by atoms with E-state index in [1.165, 1.54) is 6.20 Å². The first kappa shape index (κ1) is 16.0. The largest absolute Gasteiger partial charge is 0.433 e. The van der Waals surface area contributed by atoms with E-state index in [-0.39, 0.29) is 24.6 Å². The molecule has 1 heterocycles. The van der Waals surface area contributed by atoms with Gasteiger partial charge < -0.3 is 10.1 Å². The lowest BCUT2D eigenvalue weighted by Crippen LogP contribution is -2.23. The van der Waals surface area contributed by atoms with Gasteiger partial charge in [-0.2, -0.15) is 18.3 Å². The Labute approximate surface area is 110 Å². The van der Waals surface area contributed by atoms with Gasteiger partial charge in [-0.3, -0.25) is 4.68 Å². The average Bonchev–Trinajstić information content (AvgIpc) is 2.66. The van der Waals surface area contributed by atoms with Crippen LogP contribution < -0.4 is 5.32 Å². The maximum atomic E-state index is 13.1. The summed E-state index contributed by atoms with van der Waals surface area (Å²) in [6, 6.07) is 0. The zero-order valence-electron chi connectivity index (χ0n) is 11.4. The minimum Gasteiger partial charge on any atom is -0.383 e. The fourth-order valence-corrected chi connectivity index (χ4v) is 1.76. The highest BCUT2D eigenvalue weighted by atomic mass is 19.4. The van der Waals surface area contributed by atoms with Crippen molar-refractivity contribution in [3.05, 3.63) is 17.5 Å². The van der Waals surface area contributed by atoms with Crippen LogP contribution in [0.5, 0.6) is 0 Å². The first-order valence-corrected chi connectivity index (χ1v) is 6.17. The van der Waals surface area contributed by atoms with Crippen LogP contribution in [-0.2, 0) is 24.0 Å². The fourth-order valence-electron chi connectivity index (χ4n) is 1.76. The monoisotopic (exact) mass is 279 g/mol. The second-order valence-electron chi connectivity index (χ2n) is 4.76. The van der Waals surface area contributed by atoms with Gasteiger partial charge in [-0.15, -0.1) is 0 Å². The Morgan fingerprint density at radius 2 is 2.11 bits per heavy atom. The number of ether oxygens (including phenoxy) is 1. The van der Waals surface area contributed by atoms with Gasteiger partial charge in [0.2, 0.25) is 0 Å². The number of hydrogen-bond acceptors (Lipinski definition) is 3. The highest BCUT2D eigenvalue weighted by Crippen LogP contribution is 2.32. The number of nitrogens with one attached hydrogen (secondary N) is 1. The number of rotatable bonds is 7. The molecule has 0 aliphatic rings. The standard InChI is InChI=1S/C12H20F3N3O/c1-9(2)8-18-11(12(13,14)15)10(7-17-18)6-16-4-5-19-3/h7,9,16H,4-6,8H2,1-3H3. The number of aromatic nitrogens is 2. The minimum atomic E-state index is -4.39. The predicted octanol–water partition coefficient (Wildman–Crippen LogP) is 2.29. The van der Waals surface area contributed by atoms with Crippen LogP contribution >= 0.6 is 0 Å². The molecule has 1 N–H and O–H groups in total. The number of halogens is 3. The smallest absolute Gasteiger partial charge is 0.383 e. The molecule has 0 saturated carbocycles. The Kier molecular flexibility index (Phi) is 5.81. The SMILES string of the molecule is COCCNCc1cnn(CC(C)C)c1C(F)(F)F. The molecule has 110 valence electrons. The minimum absolute atomic E-state index is 0.107. The normalized spacial score (nSPS) is 12.4. The number of nitrogens with zero attached hydrogens (tertiary/aromatic N) is 2. The zero-order chi connectivity index (χ0) is 14.5. The van der Waals surface area contributed by atoms with Crippen LogP contribution in [0.2, 0.25) is 0 Å². The van der Waals surface area contributed by atoms with Gasteiger partial charge in [0.15, 0.2) is 0 Å². The molecule has 0 radical (unpaired) electrons. The summed E-state index contributed by atoms with van der Waals surface area (Å²) in [4.78, 5) is 0. The fraction of sp³-hybridized carbons (Fsp3) is 0.750. The van der Waals surface area contributed by atoms with Gasteiger partial charge in [0.1, 0.15) is 5.69 Å². The van der Waals surface area contributed by atoms with Crippen molar-refractivity contribution >= 4 is 0 Å². The maximum Gasteiger partial charge on any atom is 0.433 e. The Morgan fingerprint density at radius 1 is 1.42 bits per heavy atom. The van der Waals surface area contributed by atoms with Crippen molar-refractivity contribution in [1.82, 2.24) is 15.1 Å². The van der Waals surface area contributed by atoms with Gasteiger partial charge in [-0.25, -0.2) is 0 Å². The third-order valence-electron chi connectivity index (χ3n) is 2.52. The van der Waals surface area contributed by atoms with Gasteiger partial charge in [0, 0.05) is 32.3 Å². The Hall–Kier alpha value is -1.08. The molecule has 0 aliphatic heterocycles. The van der Waals surface area contributed by atoms with Crippen LogP contribution in [0.15, 0.2) is 6.20 Å². The van der Waals surface area contributed by atoms with E-state index in [0.29, 0.717) is 13.2 Å². The molecule has 0 bridgehead atoms. The van der Waals surface area contributed by atoms with Crippen molar-refractivity contribution in [3.8, 4) is 0 Å². The molecule has 4 nitrogen and oxygen atoms in total. The molecule has 1 aromatic rings. The molecule has 0 saturated heterocycles. The summed E-state index contributed by atoms with van der Waals surface area (Å²) >= 11 is 0. The molecule has 0 fully saturated rings. The summed E-state index contributed by atoms with van der Waals surface area (Å²) in [5.41, 5.74) is -0.490. The van der Waals surface area contributed by atoms with Crippen molar-refractivity contribution in [1.29, 1.82) is 0 Å². The van der Waals surface area contributed by atoms with E-state index in [2.05, 4.69) is 10.4 Å². The quantitative estimate of drug-likeness (QED) is 0.778. The van der Waals surface area contributed by atoms with Gasteiger partial charge in [-0.05, 0) is 5.92 Å². The van der Waals surface area contributed by atoms with Crippen molar-refractivity contribution in [2.45, 2.75) is 33.1 Å². The molecular weight excluding hydrogens is 259 g/mol. The lowest BCUT2D eigenvalue weighted by molar-refractivity contribution is -0.145. The topological polar surface area (TPSA) is 39.1 Å². The third kappa shape index (κ3) is 4.83. The van der Waals surface area contributed by atoms with E-state index in [0.717, 1.165) is 4.68 Å². The van der Waals surface area contributed by atoms with Crippen molar-refractivity contribution in [2.24, 2.45) is 5.92 Å². The van der Waals surface area contributed by atoms with E-state index in [1.54, 1.807) is 7.11 Å². The van der Waals surface area contributed by atoms with Crippen LogP contribution in [-0.4, -0.2) is 30.0 Å². The Bertz CT molecular complexity index is 388. The lowest BCUT2D eigenvalue weighted by atomic mass is 10.2. The predicted molar refractivity (Wildman–Crippen MR) is 65.6 cm³/mol. The van der Waals surface area contributed by atoms with Gasteiger partial charge in [-0.1, -0.05) is 13.8 Å². The van der Waals surface area contributed by atoms with E-state index < -0.39 is 11.9 Å². The van der Waals surface area contributed by atoms with Crippen LogP contribution in [0.3, 0.4) is 0 Å². The van der Waals surface area contributed by atoms with E-state index in [4.69, 9.17) is 4.74 Å². The lowest BCUT2D eigenvalue weighted by Gasteiger charge is -2.14. The summed E-state index contributed by atoms with van der Waals surface area (Å²) in [7, 11) is 1.55. The number of methoxy groups -OCH3 is 1. The van der Waals surface area contributed by atoms with Crippen molar-refractivity contribution in [2.75, 3.05) is 20.3 Å². The molecule has 0 atom stereocenters. The van der Waals surface area contributed by atoms with E-state index >= 15 is 0 Å². The molecule has 0 aliphatic carbocycles. The summed E-state index contributed by atoms with van der Waals surface area (Å²) in [6.45, 7) is 5.07. The molecule has 0 unspecified atom stereocenters.